The lowest BCUT2D eigenvalue weighted by Gasteiger charge is -2.11. The first kappa shape index (κ1) is 13.6. The minimum atomic E-state index is -1.07. The minimum absolute atomic E-state index is 0.0109. The monoisotopic (exact) mass is 273 g/mol. The summed E-state index contributed by atoms with van der Waals surface area (Å²) in [4.78, 5) is 42.6. The van der Waals surface area contributed by atoms with Crippen LogP contribution < -0.4 is 0 Å². The van der Waals surface area contributed by atoms with Gasteiger partial charge in [-0.05, 0) is 12.1 Å². The summed E-state index contributed by atoms with van der Waals surface area (Å²) in [6, 6.07) is 8.07. The van der Waals surface area contributed by atoms with E-state index in [0.717, 1.165) is 0 Å². The van der Waals surface area contributed by atoms with Crippen molar-refractivity contribution in [2.24, 2.45) is 5.92 Å². The topological polar surface area (TPSA) is 100 Å². The van der Waals surface area contributed by atoms with Crippen molar-refractivity contribution >= 4 is 23.5 Å². The predicted octanol–water partition coefficient (Wildman–Crippen LogP) is 0.559. The number of amides is 2. The maximum absolute atomic E-state index is 11.9. The first-order chi connectivity index (χ1) is 9.54. The molecule has 1 heterocycles. The second-order valence-corrected chi connectivity index (χ2v) is 4.32. The number of nitrogens with zero attached hydrogens (tertiary/aromatic N) is 3. The van der Waals surface area contributed by atoms with Gasteiger partial charge >= 0.3 is 11.7 Å². The Kier molecular flexibility index (Phi) is 3.72. The lowest BCUT2D eigenvalue weighted by molar-refractivity contribution is -0.194. The molecule has 0 aromatic heterocycles. The summed E-state index contributed by atoms with van der Waals surface area (Å²) in [5, 5.41) is 0.418. The summed E-state index contributed by atoms with van der Waals surface area (Å²) in [5.74, 6) is -2.79. The van der Waals surface area contributed by atoms with Crippen LogP contribution in [-0.4, -0.2) is 33.3 Å². The van der Waals surface area contributed by atoms with Gasteiger partial charge in [-0.15, -0.1) is 5.06 Å². The van der Waals surface area contributed by atoms with Crippen molar-refractivity contribution in [1.29, 1.82) is 0 Å². The molecular formula is C13H11N3O4. The van der Waals surface area contributed by atoms with Crippen molar-refractivity contribution in [2.75, 3.05) is 0 Å². The van der Waals surface area contributed by atoms with Crippen LogP contribution >= 0.6 is 0 Å². The Hall–Kier alpha value is -2.79. The van der Waals surface area contributed by atoms with Crippen LogP contribution in [0.15, 0.2) is 30.3 Å². The number of carbonyl (C=O) groups excluding carboxylic acids is 3. The molecule has 7 nitrogen and oxygen atoms in total. The standard InChI is InChI=1S/C13H11N3O4/c1-8-7-10(17)16(12(8)18)20-13(19)11(15-14)9-5-3-2-4-6-9/h2-6,8H,7H2,1H3. The van der Waals surface area contributed by atoms with Gasteiger partial charge in [-0.3, -0.25) is 9.59 Å². The molecular weight excluding hydrogens is 262 g/mol. The number of hydrogen-bond acceptors (Lipinski definition) is 4. The lowest BCUT2D eigenvalue weighted by Crippen LogP contribution is -2.36. The van der Waals surface area contributed by atoms with E-state index in [1.165, 1.54) is 12.1 Å². The van der Waals surface area contributed by atoms with E-state index < -0.39 is 23.7 Å². The number of hydrogen-bond donors (Lipinski definition) is 0. The zero-order chi connectivity index (χ0) is 14.7. The molecule has 2 rings (SSSR count). The van der Waals surface area contributed by atoms with Crippen LogP contribution in [0, 0.1) is 5.92 Å². The Bertz CT molecular complexity index is 620. The fraction of sp³-hybridized carbons (Fsp3) is 0.231. The molecule has 1 aliphatic heterocycles. The predicted molar refractivity (Wildman–Crippen MR) is 65.9 cm³/mol. The largest absolute Gasteiger partial charge is 0.446 e. The minimum Gasteiger partial charge on any atom is -0.360 e. The number of rotatable bonds is 3. The molecule has 0 N–H and O–H groups in total. The van der Waals surface area contributed by atoms with Crippen molar-refractivity contribution in [3.63, 3.8) is 0 Å². The van der Waals surface area contributed by atoms with Crippen molar-refractivity contribution in [3.05, 3.63) is 41.4 Å². The van der Waals surface area contributed by atoms with Gasteiger partial charge in [0.1, 0.15) is 0 Å². The van der Waals surface area contributed by atoms with Crippen molar-refractivity contribution in [2.45, 2.75) is 13.3 Å². The third kappa shape index (κ3) is 2.48. The Morgan fingerprint density at radius 3 is 2.50 bits per heavy atom. The van der Waals surface area contributed by atoms with Gasteiger partial charge in [-0.2, -0.15) is 4.79 Å². The normalized spacial score (nSPS) is 17.9. The van der Waals surface area contributed by atoms with Crippen LogP contribution in [0.5, 0.6) is 0 Å². The smallest absolute Gasteiger partial charge is 0.360 e. The van der Waals surface area contributed by atoms with Crippen LogP contribution in [0.3, 0.4) is 0 Å². The van der Waals surface area contributed by atoms with E-state index >= 15 is 0 Å². The molecule has 102 valence electrons. The van der Waals surface area contributed by atoms with Crippen LogP contribution in [0.2, 0.25) is 0 Å². The maximum Gasteiger partial charge on any atom is 0.446 e. The molecule has 0 aliphatic carbocycles. The highest BCUT2D eigenvalue weighted by molar-refractivity contribution is 6.41. The van der Waals surface area contributed by atoms with E-state index in [1.54, 1.807) is 25.1 Å². The summed E-state index contributed by atoms with van der Waals surface area (Å²) in [6.45, 7) is 1.56. The van der Waals surface area contributed by atoms with Gasteiger partial charge in [0.25, 0.3) is 11.8 Å². The molecule has 1 saturated heterocycles. The van der Waals surface area contributed by atoms with Gasteiger partial charge in [-0.25, -0.2) is 4.79 Å². The van der Waals surface area contributed by atoms with Crippen molar-refractivity contribution in [3.8, 4) is 0 Å². The zero-order valence-corrected chi connectivity index (χ0v) is 10.6. The average Bonchev–Trinajstić information content (AvgIpc) is 2.67. The molecule has 0 saturated carbocycles. The first-order valence-corrected chi connectivity index (χ1v) is 5.91. The van der Waals surface area contributed by atoms with Crippen LogP contribution in [0.25, 0.3) is 5.53 Å². The van der Waals surface area contributed by atoms with Gasteiger partial charge in [0.2, 0.25) is 0 Å². The molecule has 1 aromatic rings. The van der Waals surface area contributed by atoms with E-state index in [1.807, 2.05) is 0 Å². The molecule has 1 aromatic carbocycles. The summed E-state index contributed by atoms with van der Waals surface area (Å²) < 4.78 is 0. The van der Waals surface area contributed by atoms with E-state index in [-0.39, 0.29) is 12.1 Å². The highest BCUT2D eigenvalue weighted by atomic mass is 16.7. The second-order valence-electron chi connectivity index (χ2n) is 4.32. The highest BCUT2D eigenvalue weighted by Crippen LogP contribution is 2.19. The number of benzene rings is 1. The number of hydroxylamine groups is 2. The van der Waals surface area contributed by atoms with Gasteiger partial charge in [0, 0.05) is 12.3 Å². The maximum atomic E-state index is 11.9. The molecule has 0 bridgehead atoms. The molecule has 1 atom stereocenters. The van der Waals surface area contributed by atoms with Crippen LogP contribution in [0.1, 0.15) is 18.9 Å². The third-order valence-corrected chi connectivity index (χ3v) is 2.84. The highest BCUT2D eigenvalue weighted by Gasteiger charge is 2.41. The Morgan fingerprint density at radius 1 is 1.35 bits per heavy atom. The molecule has 2 amide bonds. The molecule has 1 aliphatic rings. The van der Waals surface area contributed by atoms with Gasteiger partial charge in [-0.1, -0.05) is 25.1 Å². The summed E-state index contributed by atoms with van der Waals surface area (Å²) >= 11 is 0. The summed E-state index contributed by atoms with van der Waals surface area (Å²) in [5.41, 5.74) is 8.83. The fourth-order valence-corrected chi connectivity index (χ4v) is 1.79. The van der Waals surface area contributed by atoms with Crippen LogP contribution in [0.4, 0.5) is 0 Å². The Balaban J connectivity index is 2.18. The molecule has 0 radical (unpaired) electrons. The zero-order valence-electron chi connectivity index (χ0n) is 10.6. The quantitative estimate of drug-likeness (QED) is 0.347. The van der Waals surface area contributed by atoms with Gasteiger partial charge < -0.3 is 10.4 Å². The molecule has 7 heteroatoms. The lowest BCUT2D eigenvalue weighted by atomic mass is 10.1. The first-order valence-electron chi connectivity index (χ1n) is 5.91. The molecule has 20 heavy (non-hydrogen) atoms. The number of carbonyl (C=O) groups is 3. The molecule has 0 spiro atoms. The average molecular weight is 273 g/mol. The van der Waals surface area contributed by atoms with E-state index in [0.29, 0.717) is 10.6 Å². The molecule has 1 fully saturated rings. The third-order valence-electron chi connectivity index (χ3n) is 2.84. The fourth-order valence-electron chi connectivity index (χ4n) is 1.79. The van der Waals surface area contributed by atoms with E-state index in [9.17, 15) is 14.4 Å². The van der Waals surface area contributed by atoms with Crippen molar-refractivity contribution in [1.82, 2.24) is 5.06 Å². The van der Waals surface area contributed by atoms with Gasteiger partial charge in [0.15, 0.2) is 0 Å². The summed E-state index contributed by atoms with van der Waals surface area (Å²) in [7, 11) is 0. The van der Waals surface area contributed by atoms with Gasteiger partial charge in [0.05, 0.1) is 5.56 Å². The van der Waals surface area contributed by atoms with E-state index in [2.05, 4.69) is 4.79 Å². The van der Waals surface area contributed by atoms with Crippen LogP contribution in [-0.2, 0) is 19.2 Å². The number of imide groups is 1. The van der Waals surface area contributed by atoms with Crippen molar-refractivity contribution < 1.29 is 24.0 Å². The molecule has 1 unspecified atom stereocenters. The Morgan fingerprint density at radius 2 is 2.00 bits per heavy atom. The Labute approximate surface area is 114 Å². The second kappa shape index (κ2) is 5.46. The SMILES string of the molecule is CC1CC(=O)N(OC(=O)C(=[N+]=[N-])c2ccccc2)C1=O. The summed E-state index contributed by atoms with van der Waals surface area (Å²) in [6.07, 6.45) is -0.0109. The van der Waals surface area contributed by atoms with E-state index in [4.69, 9.17) is 10.4 Å².